The lowest BCUT2D eigenvalue weighted by atomic mass is 9.79. The van der Waals surface area contributed by atoms with Crippen molar-refractivity contribution in [3.8, 4) is 0 Å². The van der Waals surface area contributed by atoms with Gasteiger partial charge in [0, 0.05) is 6.04 Å². The number of aromatic nitrogens is 2. The molecule has 1 aliphatic rings. The summed E-state index contributed by atoms with van der Waals surface area (Å²) in [7, 11) is 0. The second-order valence-corrected chi connectivity index (χ2v) is 6.27. The van der Waals surface area contributed by atoms with Crippen LogP contribution in [0.25, 0.3) is 11.0 Å². The summed E-state index contributed by atoms with van der Waals surface area (Å²) in [4.78, 5) is 3.13. The van der Waals surface area contributed by atoms with Crippen LogP contribution >= 0.6 is 12.2 Å². The summed E-state index contributed by atoms with van der Waals surface area (Å²) in [5.74, 6) is 1.28. The number of H-pyrrole nitrogens is 1. The molecule has 0 spiro atoms. The summed E-state index contributed by atoms with van der Waals surface area (Å²) < 4.78 is 16.2. The van der Waals surface area contributed by atoms with E-state index in [1.54, 1.807) is 0 Å². The van der Waals surface area contributed by atoms with Gasteiger partial charge in [-0.1, -0.05) is 13.8 Å². The highest BCUT2D eigenvalue weighted by atomic mass is 32.1. The minimum Gasteiger partial charge on any atom is -0.330 e. The van der Waals surface area contributed by atoms with Gasteiger partial charge in [0.05, 0.1) is 11.0 Å². The Morgan fingerprint density at radius 1 is 1.26 bits per heavy atom. The minimum absolute atomic E-state index is 0.221. The molecule has 1 aliphatic carbocycles. The molecule has 2 aromatic rings. The molecule has 3 atom stereocenters. The average Bonchev–Trinajstić information content (AvgIpc) is 2.68. The van der Waals surface area contributed by atoms with Crippen molar-refractivity contribution in [1.29, 1.82) is 0 Å². The molecule has 19 heavy (non-hydrogen) atoms. The Hall–Kier alpha value is -1.16. The first-order chi connectivity index (χ1) is 9.06. The summed E-state index contributed by atoms with van der Waals surface area (Å²) in [6, 6.07) is 5.31. The quantitative estimate of drug-likeness (QED) is 0.741. The molecule has 4 heteroatoms. The molecule has 3 rings (SSSR count). The zero-order valence-corrected chi connectivity index (χ0v) is 12.1. The van der Waals surface area contributed by atoms with E-state index in [4.69, 9.17) is 12.2 Å². The molecule has 1 heterocycles. The highest BCUT2D eigenvalue weighted by molar-refractivity contribution is 7.71. The Morgan fingerprint density at radius 2 is 2.05 bits per heavy atom. The van der Waals surface area contributed by atoms with Crippen LogP contribution in [0.2, 0.25) is 0 Å². The number of hydrogen-bond donors (Lipinski definition) is 1. The van der Waals surface area contributed by atoms with Crippen molar-refractivity contribution >= 4 is 23.3 Å². The average molecular weight is 278 g/mol. The summed E-state index contributed by atoms with van der Waals surface area (Å²) >= 11 is 5.43. The maximum Gasteiger partial charge on any atom is 0.178 e. The van der Waals surface area contributed by atoms with E-state index in [1.165, 1.54) is 18.6 Å². The van der Waals surface area contributed by atoms with Crippen molar-refractivity contribution in [3.63, 3.8) is 0 Å². The Morgan fingerprint density at radius 3 is 2.79 bits per heavy atom. The van der Waals surface area contributed by atoms with Crippen molar-refractivity contribution < 1.29 is 4.39 Å². The Kier molecular flexibility index (Phi) is 3.21. The lowest BCUT2D eigenvalue weighted by Gasteiger charge is -2.33. The molecule has 1 fully saturated rings. The number of hydrogen-bond acceptors (Lipinski definition) is 1. The van der Waals surface area contributed by atoms with E-state index in [-0.39, 0.29) is 5.82 Å². The summed E-state index contributed by atoms with van der Waals surface area (Å²) in [5, 5.41) is 0. The summed E-state index contributed by atoms with van der Waals surface area (Å²) in [5.41, 5.74) is 1.83. The van der Waals surface area contributed by atoms with Crippen LogP contribution in [0.1, 0.15) is 39.2 Å². The molecule has 0 radical (unpaired) electrons. The maximum absolute atomic E-state index is 13.3. The molecule has 0 aliphatic heterocycles. The van der Waals surface area contributed by atoms with Gasteiger partial charge in [0.2, 0.25) is 0 Å². The van der Waals surface area contributed by atoms with Gasteiger partial charge in [0.25, 0.3) is 0 Å². The standard InChI is InChI=1S/C15H19FN2S/c1-9-3-5-12(7-10(9)2)18-14-6-4-11(16)8-13(14)17-15(18)19/h4,6,8-10,12H,3,5,7H2,1-2H3,(H,17,19). The first-order valence-corrected chi connectivity index (χ1v) is 7.37. The molecule has 3 unspecified atom stereocenters. The lowest BCUT2D eigenvalue weighted by molar-refractivity contribution is 0.212. The number of nitrogens with zero attached hydrogens (tertiary/aromatic N) is 1. The van der Waals surface area contributed by atoms with Crippen molar-refractivity contribution in [2.45, 2.75) is 39.2 Å². The predicted octanol–water partition coefficient (Wildman–Crippen LogP) is 4.84. The number of aromatic amines is 1. The van der Waals surface area contributed by atoms with E-state index < -0.39 is 0 Å². The second kappa shape index (κ2) is 4.75. The smallest absolute Gasteiger partial charge is 0.178 e. The molecule has 0 bridgehead atoms. The SMILES string of the molecule is CC1CCC(n2c(=S)[nH]c3cc(F)ccc32)CC1C. The summed E-state index contributed by atoms with van der Waals surface area (Å²) in [6.45, 7) is 4.64. The third-order valence-electron chi connectivity index (χ3n) is 4.61. The van der Waals surface area contributed by atoms with Gasteiger partial charge in [-0.15, -0.1) is 0 Å². The van der Waals surface area contributed by atoms with Gasteiger partial charge in [0.1, 0.15) is 5.82 Å². The van der Waals surface area contributed by atoms with Gasteiger partial charge >= 0.3 is 0 Å². The molecule has 0 amide bonds. The van der Waals surface area contributed by atoms with Crippen LogP contribution in [0.15, 0.2) is 18.2 Å². The number of rotatable bonds is 1. The third-order valence-corrected chi connectivity index (χ3v) is 4.91. The van der Waals surface area contributed by atoms with Crippen molar-refractivity contribution in [2.24, 2.45) is 11.8 Å². The number of halogens is 1. The number of nitrogens with one attached hydrogen (secondary N) is 1. The number of fused-ring (bicyclic) bond motifs is 1. The molecule has 0 saturated heterocycles. The Bertz CT molecular complexity index is 658. The molecule has 1 aromatic carbocycles. The summed E-state index contributed by atoms with van der Waals surface area (Å²) in [6.07, 6.45) is 3.55. The number of benzene rings is 1. The Labute approximate surface area is 117 Å². The van der Waals surface area contributed by atoms with Crippen LogP contribution in [0.3, 0.4) is 0 Å². The predicted molar refractivity (Wildman–Crippen MR) is 78.3 cm³/mol. The van der Waals surface area contributed by atoms with E-state index >= 15 is 0 Å². The first kappa shape index (κ1) is 12.9. The van der Waals surface area contributed by atoms with Crippen molar-refractivity contribution in [1.82, 2.24) is 9.55 Å². The zero-order chi connectivity index (χ0) is 13.6. The lowest BCUT2D eigenvalue weighted by Crippen LogP contribution is -2.23. The minimum atomic E-state index is -0.221. The van der Waals surface area contributed by atoms with Crippen LogP contribution in [-0.4, -0.2) is 9.55 Å². The van der Waals surface area contributed by atoms with E-state index in [9.17, 15) is 4.39 Å². The monoisotopic (exact) mass is 278 g/mol. The molecule has 1 aromatic heterocycles. The van der Waals surface area contributed by atoms with Gasteiger partial charge < -0.3 is 9.55 Å². The topological polar surface area (TPSA) is 20.7 Å². The van der Waals surface area contributed by atoms with Gasteiger partial charge in [-0.25, -0.2) is 4.39 Å². The Balaban J connectivity index is 2.05. The van der Waals surface area contributed by atoms with Gasteiger partial charge in [0.15, 0.2) is 4.77 Å². The highest BCUT2D eigenvalue weighted by Crippen LogP contribution is 2.37. The van der Waals surface area contributed by atoms with Gasteiger partial charge in [-0.2, -0.15) is 0 Å². The molecular weight excluding hydrogens is 259 g/mol. The second-order valence-electron chi connectivity index (χ2n) is 5.88. The zero-order valence-electron chi connectivity index (χ0n) is 11.3. The molecule has 1 saturated carbocycles. The molecular formula is C15H19FN2S. The largest absolute Gasteiger partial charge is 0.330 e. The van der Waals surface area contributed by atoms with Crippen LogP contribution in [0.4, 0.5) is 4.39 Å². The van der Waals surface area contributed by atoms with Crippen molar-refractivity contribution in [3.05, 3.63) is 28.8 Å². The molecule has 1 N–H and O–H groups in total. The number of imidazole rings is 1. The highest BCUT2D eigenvalue weighted by Gasteiger charge is 2.27. The normalized spacial score (nSPS) is 27.8. The van der Waals surface area contributed by atoms with E-state index in [2.05, 4.69) is 23.4 Å². The van der Waals surface area contributed by atoms with Gasteiger partial charge in [-0.3, -0.25) is 0 Å². The van der Waals surface area contributed by atoms with Crippen molar-refractivity contribution in [2.75, 3.05) is 0 Å². The van der Waals surface area contributed by atoms with E-state index in [0.717, 1.165) is 29.8 Å². The van der Waals surface area contributed by atoms with Crippen LogP contribution in [-0.2, 0) is 0 Å². The van der Waals surface area contributed by atoms with Crippen LogP contribution in [0, 0.1) is 22.4 Å². The maximum atomic E-state index is 13.3. The third kappa shape index (κ3) is 2.22. The fourth-order valence-corrected chi connectivity index (χ4v) is 3.58. The molecule has 102 valence electrons. The fraction of sp³-hybridized carbons (Fsp3) is 0.533. The fourth-order valence-electron chi connectivity index (χ4n) is 3.22. The van der Waals surface area contributed by atoms with Crippen LogP contribution < -0.4 is 0 Å². The van der Waals surface area contributed by atoms with E-state index in [0.29, 0.717) is 16.7 Å². The van der Waals surface area contributed by atoms with Crippen LogP contribution in [0.5, 0.6) is 0 Å². The first-order valence-electron chi connectivity index (χ1n) is 6.96. The van der Waals surface area contributed by atoms with E-state index in [1.807, 2.05) is 6.07 Å². The van der Waals surface area contributed by atoms with Gasteiger partial charge in [-0.05, 0) is 61.5 Å². The molecule has 2 nitrogen and oxygen atoms in total.